The van der Waals surface area contributed by atoms with E-state index in [1.165, 1.54) is 11.1 Å². The van der Waals surface area contributed by atoms with Crippen LogP contribution in [0.5, 0.6) is 0 Å². The summed E-state index contributed by atoms with van der Waals surface area (Å²) >= 11 is 0. The summed E-state index contributed by atoms with van der Waals surface area (Å²) in [7, 11) is 0. The Labute approximate surface area is 86.3 Å². The topological polar surface area (TPSA) is 0 Å². The second-order valence-electron chi connectivity index (χ2n) is 3.18. The number of hydrogen-bond acceptors (Lipinski definition) is 0. The van der Waals surface area contributed by atoms with E-state index in [1.807, 2.05) is 37.3 Å². The molecule has 0 radical (unpaired) electrons. The summed E-state index contributed by atoms with van der Waals surface area (Å²) in [5.41, 5.74) is 2.49. The highest BCUT2D eigenvalue weighted by Crippen LogP contribution is 2.04. The Hall–Kier alpha value is -1.56. The smallest absolute Gasteiger partial charge is 0.0257 e. The lowest BCUT2D eigenvalue weighted by Crippen LogP contribution is -1.70. The zero-order valence-electron chi connectivity index (χ0n) is 8.77. The van der Waals surface area contributed by atoms with Crippen LogP contribution >= 0.6 is 0 Å². The van der Waals surface area contributed by atoms with Gasteiger partial charge in [0, 0.05) is 0 Å². The normalized spacial score (nSPS) is 12.9. The van der Waals surface area contributed by atoms with Gasteiger partial charge in [-0.05, 0) is 19.4 Å². The molecule has 0 saturated carbocycles. The summed E-state index contributed by atoms with van der Waals surface area (Å²) in [6.45, 7) is 4.12. The molecule has 0 aliphatic heterocycles. The molecule has 0 bridgehead atoms. The lowest BCUT2D eigenvalue weighted by Gasteiger charge is -1.91. The quantitative estimate of drug-likeness (QED) is 0.617. The summed E-state index contributed by atoms with van der Waals surface area (Å²) in [6, 6.07) is 10.3. The van der Waals surface area contributed by atoms with Gasteiger partial charge in [-0.1, -0.05) is 66.3 Å². The van der Waals surface area contributed by atoms with Crippen LogP contribution < -0.4 is 0 Å². The Morgan fingerprint density at radius 2 is 1.86 bits per heavy atom. The van der Waals surface area contributed by atoms with Gasteiger partial charge in [0.15, 0.2) is 0 Å². The van der Waals surface area contributed by atoms with Crippen molar-refractivity contribution in [1.29, 1.82) is 0 Å². The summed E-state index contributed by atoms with van der Waals surface area (Å²) in [4.78, 5) is 0. The molecule has 0 atom stereocenters. The fraction of sp³-hybridized carbons (Fsp3) is 0.143. The van der Waals surface area contributed by atoms with Crippen molar-refractivity contribution in [2.24, 2.45) is 0 Å². The van der Waals surface area contributed by atoms with E-state index < -0.39 is 0 Å². The maximum absolute atomic E-state index is 2.12. The zero-order valence-corrected chi connectivity index (χ0v) is 8.77. The van der Waals surface area contributed by atoms with E-state index in [-0.39, 0.29) is 0 Å². The molecule has 72 valence electrons. The van der Waals surface area contributed by atoms with Gasteiger partial charge < -0.3 is 0 Å². The van der Waals surface area contributed by atoms with E-state index >= 15 is 0 Å². The van der Waals surface area contributed by atoms with Crippen molar-refractivity contribution >= 4 is 6.08 Å². The zero-order chi connectivity index (χ0) is 10.2. The molecule has 0 spiro atoms. The Morgan fingerprint density at radius 1 is 1.14 bits per heavy atom. The Bertz CT molecular complexity index is 340. The monoisotopic (exact) mass is 184 g/mol. The SMILES string of the molecule is C\C=C/C=C(C)\C=C\c1ccccc1. The lowest BCUT2D eigenvalue weighted by molar-refractivity contribution is 1.52. The Kier molecular flexibility index (Phi) is 4.49. The highest BCUT2D eigenvalue weighted by atomic mass is 13.9. The second kappa shape index (κ2) is 5.98. The van der Waals surface area contributed by atoms with E-state index in [0.717, 1.165) is 0 Å². The van der Waals surface area contributed by atoms with Crippen LogP contribution in [0.25, 0.3) is 6.08 Å². The fourth-order valence-corrected chi connectivity index (χ4v) is 1.10. The molecule has 0 nitrogen and oxygen atoms in total. The number of rotatable bonds is 3. The maximum atomic E-state index is 2.12. The van der Waals surface area contributed by atoms with Crippen molar-refractivity contribution in [3.8, 4) is 0 Å². The molecule has 0 aromatic heterocycles. The van der Waals surface area contributed by atoms with Crippen LogP contribution in [-0.4, -0.2) is 0 Å². The minimum absolute atomic E-state index is 1.24. The van der Waals surface area contributed by atoms with Crippen LogP contribution in [0, 0.1) is 0 Å². The first-order valence-corrected chi connectivity index (χ1v) is 4.85. The third-order valence-corrected chi connectivity index (χ3v) is 1.89. The highest BCUT2D eigenvalue weighted by Gasteiger charge is 1.82. The summed E-state index contributed by atoms with van der Waals surface area (Å²) in [5.74, 6) is 0. The van der Waals surface area contributed by atoms with Gasteiger partial charge in [0.2, 0.25) is 0 Å². The molecule has 0 heterocycles. The summed E-state index contributed by atoms with van der Waals surface area (Å²) in [5, 5.41) is 0. The van der Waals surface area contributed by atoms with Crippen molar-refractivity contribution in [1.82, 2.24) is 0 Å². The third kappa shape index (κ3) is 3.90. The van der Waals surface area contributed by atoms with Crippen LogP contribution in [-0.2, 0) is 0 Å². The van der Waals surface area contributed by atoms with Crippen molar-refractivity contribution in [3.63, 3.8) is 0 Å². The first kappa shape index (κ1) is 10.5. The van der Waals surface area contributed by atoms with Gasteiger partial charge in [0.05, 0.1) is 0 Å². The van der Waals surface area contributed by atoms with Crippen LogP contribution in [0.2, 0.25) is 0 Å². The van der Waals surface area contributed by atoms with Crippen molar-refractivity contribution in [2.45, 2.75) is 13.8 Å². The average Bonchev–Trinajstić information content (AvgIpc) is 2.25. The van der Waals surface area contributed by atoms with Crippen LogP contribution in [0.3, 0.4) is 0 Å². The second-order valence-corrected chi connectivity index (χ2v) is 3.18. The molecule has 0 amide bonds. The third-order valence-electron chi connectivity index (χ3n) is 1.89. The molecule has 0 heteroatoms. The van der Waals surface area contributed by atoms with E-state index in [4.69, 9.17) is 0 Å². The number of hydrogen-bond donors (Lipinski definition) is 0. The molecule has 14 heavy (non-hydrogen) atoms. The molecule has 1 rings (SSSR count). The molecule has 0 N–H and O–H groups in total. The molecule has 0 fully saturated rings. The molecule has 0 aliphatic rings. The largest absolute Gasteiger partial charge is 0.0877 e. The van der Waals surface area contributed by atoms with Gasteiger partial charge in [-0.3, -0.25) is 0 Å². The van der Waals surface area contributed by atoms with Crippen molar-refractivity contribution < 1.29 is 0 Å². The summed E-state index contributed by atoms with van der Waals surface area (Å²) < 4.78 is 0. The van der Waals surface area contributed by atoms with Gasteiger partial charge in [-0.2, -0.15) is 0 Å². The molecule has 0 saturated heterocycles. The van der Waals surface area contributed by atoms with Crippen molar-refractivity contribution in [2.75, 3.05) is 0 Å². The maximum Gasteiger partial charge on any atom is -0.0257 e. The standard InChI is InChI=1S/C14H16/c1-3-4-8-13(2)11-12-14-9-6-5-7-10-14/h3-12H,1-2H3/b4-3-,12-11+,13-8-. The fourth-order valence-electron chi connectivity index (χ4n) is 1.10. The van der Waals surface area contributed by atoms with E-state index in [9.17, 15) is 0 Å². The van der Waals surface area contributed by atoms with Crippen LogP contribution in [0.15, 0.2) is 60.2 Å². The molecular weight excluding hydrogens is 168 g/mol. The Balaban J connectivity index is 2.65. The van der Waals surface area contributed by atoms with Gasteiger partial charge in [0.1, 0.15) is 0 Å². The van der Waals surface area contributed by atoms with Gasteiger partial charge in [-0.25, -0.2) is 0 Å². The molecule has 1 aromatic rings. The molecule has 0 unspecified atom stereocenters. The highest BCUT2D eigenvalue weighted by molar-refractivity contribution is 5.52. The molecule has 0 aliphatic carbocycles. The van der Waals surface area contributed by atoms with E-state index in [2.05, 4.69) is 37.3 Å². The first-order chi connectivity index (χ1) is 6.83. The Morgan fingerprint density at radius 3 is 2.50 bits per heavy atom. The lowest BCUT2D eigenvalue weighted by atomic mass is 10.1. The number of benzene rings is 1. The van der Waals surface area contributed by atoms with Crippen molar-refractivity contribution in [3.05, 3.63) is 65.8 Å². The molecular formula is C14H16. The minimum Gasteiger partial charge on any atom is -0.0877 e. The van der Waals surface area contributed by atoms with Crippen LogP contribution in [0.4, 0.5) is 0 Å². The predicted molar refractivity (Wildman–Crippen MR) is 64.0 cm³/mol. The van der Waals surface area contributed by atoms with E-state index in [1.54, 1.807) is 0 Å². The van der Waals surface area contributed by atoms with Gasteiger partial charge in [0.25, 0.3) is 0 Å². The average molecular weight is 184 g/mol. The molecule has 1 aromatic carbocycles. The number of allylic oxidation sites excluding steroid dienone is 5. The predicted octanol–water partition coefficient (Wildman–Crippen LogP) is 4.22. The minimum atomic E-state index is 1.24. The van der Waals surface area contributed by atoms with Gasteiger partial charge >= 0.3 is 0 Å². The van der Waals surface area contributed by atoms with Crippen LogP contribution in [0.1, 0.15) is 19.4 Å². The summed E-state index contributed by atoms with van der Waals surface area (Å²) in [6.07, 6.45) is 10.4. The first-order valence-electron chi connectivity index (χ1n) is 4.85. The van der Waals surface area contributed by atoms with Gasteiger partial charge in [-0.15, -0.1) is 0 Å². The van der Waals surface area contributed by atoms with E-state index in [0.29, 0.717) is 0 Å².